The Kier molecular flexibility index (Phi) is 5.78. The molecule has 1 aromatic carbocycles. The lowest BCUT2D eigenvalue weighted by Gasteiger charge is -2.12. The fraction of sp³-hybridized carbons (Fsp3) is 0.538. The summed E-state index contributed by atoms with van der Waals surface area (Å²) in [6, 6.07) is 6.68. The molecule has 102 valence electrons. The number of benzene rings is 1. The van der Waals surface area contributed by atoms with Gasteiger partial charge in [0.05, 0.1) is 16.8 Å². The average Bonchev–Trinajstić information content (AvgIpc) is 2.29. The Labute approximate surface area is 109 Å². The van der Waals surface area contributed by atoms with Gasteiger partial charge in [0.1, 0.15) is 0 Å². The van der Waals surface area contributed by atoms with Gasteiger partial charge in [-0.3, -0.25) is 0 Å². The highest BCUT2D eigenvalue weighted by atomic mass is 32.2. The Balaban J connectivity index is 2.61. The third kappa shape index (κ3) is 4.76. The molecule has 0 fully saturated rings. The van der Waals surface area contributed by atoms with Crippen LogP contribution in [-0.2, 0) is 9.84 Å². The second-order valence-electron chi connectivity index (χ2n) is 4.45. The summed E-state index contributed by atoms with van der Waals surface area (Å²) in [7, 11) is -3.40. The maximum Gasteiger partial charge on any atom is 0.180 e. The van der Waals surface area contributed by atoms with Crippen LogP contribution in [-0.4, -0.2) is 38.5 Å². The van der Waals surface area contributed by atoms with Crippen LogP contribution in [0.2, 0.25) is 0 Å². The summed E-state index contributed by atoms with van der Waals surface area (Å²) in [5, 5.41) is 12.7. The van der Waals surface area contributed by atoms with Crippen molar-refractivity contribution in [3.8, 4) is 0 Å². The molecule has 5 heteroatoms. The van der Waals surface area contributed by atoms with E-state index in [4.69, 9.17) is 0 Å². The highest BCUT2D eigenvalue weighted by Gasteiger charge is 2.19. The molecule has 0 aliphatic rings. The standard InChI is InChI=1S/C13H21NO3S/c1-3-8-14-9-12(15)10-18(16,17)13-6-4-11(2)5-7-13/h4-7,12,14-15H,3,8-10H2,1-2H3. The minimum Gasteiger partial charge on any atom is -0.391 e. The minimum absolute atomic E-state index is 0.243. The molecule has 0 aliphatic carbocycles. The van der Waals surface area contributed by atoms with Gasteiger partial charge >= 0.3 is 0 Å². The Hall–Kier alpha value is -0.910. The molecule has 0 bridgehead atoms. The van der Waals surface area contributed by atoms with Gasteiger partial charge in [-0.2, -0.15) is 0 Å². The predicted molar refractivity (Wildman–Crippen MR) is 72.4 cm³/mol. The minimum atomic E-state index is -3.40. The number of rotatable bonds is 7. The molecule has 2 N–H and O–H groups in total. The summed E-state index contributed by atoms with van der Waals surface area (Å²) in [6.45, 7) is 5.00. The van der Waals surface area contributed by atoms with Crippen LogP contribution in [0.15, 0.2) is 29.2 Å². The summed E-state index contributed by atoms with van der Waals surface area (Å²) in [6.07, 6.45) is 0.0834. The van der Waals surface area contributed by atoms with Gasteiger partial charge in [-0.05, 0) is 32.0 Å². The molecule has 0 amide bonds. The zero-order chi connectivity index (χ0) is 13.6. The van der Waals surface area contributed by atoms with Crippen molar-refractivity contribution in [2.45, 2.75) is 31.3 Å². The lowest BCUT2D eigenvalue weighted by molar-refractivity contribution is 0.194. The van der Waals surface area contributed by atoms with E-state index >= 15 is 0 Å². The number of hydrogen-bond donors (Lipinski definition) is 2. The van der Waals surface area contributed by atoms with Crippen LogP contribution in [0.25, 0.3) is 0 Å². The van der Waals surface area contributed by atoms with Crippen molar-refractivity contribution in [2.24, 2.45) is 0 Å². The summed E-state index contributed by atoms with van der Waals surface area (Å²) in [5.74, 6) is -0.243. The molecule has 0 aromatic heterocycles. The summed E-state index contributed by atoms with van der Waals surface area (Å²) in [4.78, 5) is 0.266. The smallest absolute Gasteiger partial charge is 0.180 e. The zero-order valence-electron chi connectivity index (χ0n) is 10.9. The van der Waals surface area contributed by atoms with Gasteiger partial charge in [0, 0.05) is 6.54 Å². The zero-order valence-corrected chi connectivity index (χ0v) is 11.7. The fourth-order valence-corrected chi connectivity index (χ4v) is 2.97. The average molecular weight is 271 g/mol. The molecule has 1 unspecified atom stereocenters. The van der Waals surface area contributed by atoms with Crippen LogP contribution in [0.3, 0.4) is 0 Å². The quantitative estimate of drug-likeness (QED) is 0.730. The predicted octanol–water partition coefficient (Wildman–Crippen LogP) is 1.13. The van der Waals surface area contributed by atoms with Crippen molar-refractivity contribution in [2.75, 3.05) is 18.8 Å². The molecule has 18 heavy (non-hydrogen) atoms. The van der Waals surface area contributed by atoms with E-state index in [2.05, 4.69) is 5.32 Å². The Morgan fingerprint density at radius 1 is 1.28 bits per heavy atom. The van der Waals surface area contributed by atoms with Gasteiger partial charge in [-0.1, -0.05) is 24.6 Å². The van der Waals surface area contributed by atoms with Crippen LogP contribution in [0.5, 0.6) is 0 Å². The second-order valence-corrected chi connectivity index (χ2v) is 6.49. The van der Waals surface area contributed by atoms with Crippen molar-refractivity contribution in [3.05, 3.63) is 29.8 Å². The van der Waals surface area contributed by atoms with E-state index in [1.165, 1.54) is 0 Å². The molecule has 1 atom stereocenters. The van der Waals surface area contributed by atoms with Gasteiger partial charge in [0.15, 0.2) is 9.84 Å². The molecule has 0 aliphatic heterocycles. The van der Waals surface area contributed by atoms with Crippen molar-refractivity contribution in [3.63, 3.8) is 0 Å². The third-order valence-corrected chi connectivity index (χ3v) is 4.41. The van der Waals surface area contributed by atoms with E-state index in [9.17, 15) is 13.5 Å². The molecule has 0 spiro atoms. The molecule has 0 saturated heterocycles. The maximum atomic E-state index is 12.0. The Morgan fingerprint density at radius 3 is 2.44 bits per heavy atom. The summed E-state index contributed by atoms with van der Waals surface area (Å²) >= 11 is 0. The number of hydrogen-bond acceptors (Lipinski definition) is 4. The molecule has 1 aromatic rings. The van der Waals surface area contributed by atoms with Crippen molar-refractivity contribution in [1.82, 2.24) is 5.32 Å². The number of aliphatic hydroxyl groups is 1. The molecular weight excluding hydrogens is 250 g/mol. The summed E-state index contributed by atoms with van der Waals surface area (Å²) < 4.78 is 24.0. The largest absolute Gasteiger partial charge is 0.391 e. The molecule has 0 heterocycles. The third-order valence-electron chi connectivity index (χ3n) is 2.60. The van der Waals surface area contributed by atoms with Gasteiger partial charge < -0.3 is 10.4 Å². The maximum absolute atomic E-state index is 12.0. The highest BCUT2D eigenvalue weighted by molar-refractivity contribution is 7.91. The molecular formula is C13H21NO3S. The first-order valence-corrected chi connectivity index (χ1v) is 7.79. The topological polar surface area (TPSA) is 66.4 Å². The van der Waals surface area contributed by atoms with Gasteiger partial charge in [-0.15, -0.1) is 0 Å². The van der Waals surface area contributed by atoms with Crippen LogP contribution in [0.1, 0.15) is 18.9 Å². The van der Waals surface area contributed by atoms with Gasteiger partial charge in [0.2, 0.25) is 0 Å². The van der Waals surface area contributed by atoms with E-state index in [1.54, 1.807) is 24.3 Å². The lowest BCUT2D eigenvalue weighted by atomic mass is 10.2. The van der Waals surface area contributed by atoms with Gasteiger partial charge in [-0.25, -0.2) is 8.42 Å². The molecule has 4 nitrogen and oxygen atoms in total. The number of sulfone groups is 1. The fourth-order valence-electron chi connectivity index (χ4n) is 1.60. The van der Waals surface area contributed by atoms with E-state index in [-0.39, 0.29) is 10.6 Å². The number of aliphatic hydroxyl groups excluding tert-OH is 1. The first-order valence-electron chi connectivity index (χ1n) is 6.14. The van der Waals surface area contributed by atoms with Crippen LogP contribution in [0, 0.1) is 6.92 Å². The number of aryl methyl sites for hydroxylation is 1. The Bertz CT molecular complexity index is 454. The first kappa shape index (κ1) is 15.1. The van der Waals surface area contributed by atoms with Crippen LogP contribution >= 0.6 is 0 Å². The van der Waals surface area contributed by atoms with E-state index in [0.717, 1.165) is 18.5 Å². The SMILES string of the molecule is CCCNCC(O)CS(=O)(=O)c1ccc(C)cc1. The van der Waals surface area contributed by atoms with Crippen LogP contribution < -0.4 is 5.32 Å². The van der Waals surface area contributed by atoms with Gasteiger partial charge in [0.25, 0.3) is 0 Å². The van der Waals surface area contributed by atoms with Crippen molar-refractivity contribution >= 4 is 9.84 Å². The highest BCUT2D eigenvalue weighted by Crippen LogP contribution is 2.12. The normalized spacial score (nSPS) is 13.5. The van der Waals surface area contributed by atoms with Crippen molar-refractivity contribution < 1.29 is 13.5 Å². The van der Waals surface area contributed by atoms with E-state index in [1.807, 2.05) is 13.8 Å². The van der Waals surface area contributed by atoms with Crippen LogP contribution in [0.4, 0.5) is 0 Å². The second kappa shape index (κ2) is 6.87. The lowest BCUT2D eigenvalue weighted by Crippen LogP contribution is -2.32. The molecule has 0 radical (unpaired) electrons. The number of nitrogens with one attached hydrogen (secondary N) is 1. The molecule has 1 rings (SSSR count). The van der Waals surface area contributed by atoms with E-state index in [0.29, 0.717) is 6.54 Å². The van der Waals surface area contributed by atoms with Crippen molar-refractivity contribution in [1.29, 1.82) is 0 Å². The first-order chi connectivity index (χ1) is 8.45. The van der Waals surface area contributed by atoms with E-state index < -0.39 is 15.9 Å². The summed E-state index contributed by atoms with van der Waals surface area (Å²) in [5.41, 5.74) is 1.01. The monoisotopic (exact) mass is 271 g/mol. The Morgan fingerprint density at radius 2 is 1.89 bits per heavy atom. The molecule has 0 saturated carbocycles.